The minimum Gasteiger partial charge on any atom is -0.298 e. The van der Waals surface area contributed by atoms with E-state index >= 15 is 0 Å². The van der Waals surface area contributed by atoms with Gasteiger partial charge in [-0.25, -0.2) is 4.39 Å². The monoisotopic (exact) mass is 308 g/mol. The Morgan fingerprint density at radius 2 is 2.06 bits per heavy atom. The molecule has 0 unspecified atom stereocenters. The third kappa shape index (κ3) is 3.37. The molecule has 2 nitrogen and oxygen atoms in total. The molecule has 0 saturated carbocycles. The fraction of sp³-hybridized carbons (Fsp3) is 0.214. The summed E-state index contributed by atoms with van der Waals surface area (Å²) in [4.78, 5) is 6.20. The number of halogens is 2. The lowest BCUT2D eigenvalue weighted by molar-refractivity contribution is 0.317. The quantitative estimate of drug-likeness (QED) is 0.857. The van der Waals surface area contributed by atoms with E-state index in [9.17, 15) is 4.39 Å². The first kappa shape index (κ1) is 13.2. The van der Waals surface area contributed by atoms with Crippen LogP contribution in [0.25, 0.3) is 0 Å². The van der Waals surface area contributed by atoms with E-state index in [-0.39, 0.29) is 5.82 Å². The van der Waals surface area contributed by atoms with Gasteiger partial charge >= 0.3 is 0 Å². The number of rotatable bonds is 4. The van der Waals surface area contributed by atoms with Crippen molar-refractivity contribution < 1.29 is 4.39 Å². The molecule has 1 heterocycles. The second-order valence-corrected chi connectivity index (χ2v) is 5.04. The number of pyridine rings is 1. The van der Waals surface area contributed by atoms with Crippen LogP contribution in [0.2, 0.25) is 0 Å². The fourth-order valence-corrected chi connectivity index (χ4v) is 2.21. The van der Waals surface area contributed by atoms with Crippen molar-refractivity contribution in [1.29, 1.82) is 0 Å². The van der Waals surface area contributed by atoms with E-state index in [1.165, 1.54) is 6.07 Å². The molecule has 0 fully saturated rings. The summed E-state index contributed by atoms with van der Waals surface area (Å²) in [7, 11) is 2.00. The number of aromatic nitrogens is 1. The molecular formula is C14H14BrFN2. The van der Waals surface area contributed by atoms with Crippen molar-refractivity contribution in [3.05, 3.63) is 64.1 Å². The molecule has 1 aromatic carbocycles. The first-order chi connectivity index (χ1) is 8.66. The van der Waals surface area contributed by atoms with Crippen molar-refractivity contribution in [3.63, 3.8) is 0 Å². The number of hydrogen-bond acceptors (Lipinski definition) is 2. The van der Waals surface area contributed by atoms with Crippen molar-refractivity contribution in [2.45, 2.75) is 13.1 Å². The molecule has 18 heavy (non-hydrogen) atoms. The van der Waals surface area contributed by atoms with E-state index in [4.69, 9.17) is 0 Å². The van der Waals surface area contributed by atoms with E-state index in [0.717, 1.165) is 17.7 Å². The first-order valence-electron chi connectivity index (χ1n) is 5.67. The molecule has 0 atom stereocenters. The Morgan fingerprint density at radius 1 is 1.22 bits per heavy atom. The zero-order valence-corrected chi connectivity index (χ0v) is 11.7. The summed E-state index contributed by atoms with van der Waals surface area (Å²) in [5, 5.41) is 0. The fourth-order valence-electron chi connectivity index (χ4n) is 1.82. The maximum Gasteiger partial charge on any atom is 0.137 e. The summed E-state index contributed by atoms with van der Waals surface area (Å²) < 4.78 is 13.9. The van der Waals surface area contributed by atoms with Crippen LogP contribution in [0, 0.1) is 5.82 Å². The number of nitrogens with zero attached hydrogens (tertiary/aromatic N) is 2. The molecule has 0 radical (unpaired) electrons. The maximum absolute atomic E-state index is 13.4. The zero-order valence-electron chi connectivity index (χ0n) is 10.1. The standard InChI is InChI=1S/C14H14BrFN2/c1-18(9-11-4-3-7-17-8-11)10-12-5-2-6-13(16)14(12)15/h2-8H,9-10H2,1H3. The Bertz CT molecular complexity index is 516. The van der Waals surface area contributed by atoms with Crippen LogP contribution in [0.3, 0.4) is 0 Å². The average molecular weight is 309 g/mol. The Balaban J connectivity index is 2.03. The second-order valence-electron chi connectivity index (χ2n) is 4.25. The largest absolute Gasteiger partial charge is 0.298 e. The highest BCUT2D eigenvalue weighted by Gasteiger charge is 2.08. The van der Waals surface area contributed by atoms with E-state index in [2.05, 4.69) is 25.8 Å². The Kier molecular flexibility index (Phi) is 4.44. The van der Waals surface area contributed by atoms with Gasteiger partial charge in [0.15, 0.2) is 0 Å². The van der Waals surface area contributed by atoms with E-state index in [1.807, 2.05) is 31.4 Å². The molecule has 2 rings (SSSR count). The third-order valence-corrected chi connectivity index (χ3v) is 3.54. The summed E-state index contributed by atoms with van der Waals surface area (Å²) in [6.07, 6.45) is 3.60. The summed E-state index contributed by atoms with van der Waals surface area (Å²) in [5.74, 6) is -0.220. The van der Waals surface area contributed by atoms with Crippen LogP contribution < -0.4 is 0 Å². The van der Waals surface area contributed by atoms with Crippen molar-refractivity contribution in [3.8, 4) is 0 Å². The smallest absolute Gasteiger partial charge is 0.137 e. The van der Waals surface area contributed by atoms with Crippen molar-refractivity contribution >= 4 is 15.9 Å². The Morgan fingerprint density at radius 3 is 2.78 bits per heavy atom. The first-order valence-corrected chi connectivity index (χ1v) is 6.46. The predicted octanol–water partition coefficient (Wildman–Crippen LogP) is 3.62. The zero-order chi connectivity index (χ0) is 13.0. The molecule has 94 valence electrons. The molecule has 4 heteroatoms. The summed E-state index contributed by atoms with van der Waals surface area (Å²) in [6, 6.07) is 9.06. The van der Waals surface area contributed by atoms with Crippen molar-refractivity contribution in [2.75, 3.05) is 7.05 Å². The second kappa shape index (κ2) is 6.07. The Labute approximate surface area is 115 Å². The van der Waals surface area contributed by atoms with E-state index in [1.54, 1.807) is 12.3 Å². The van der Waals surface area contributed by atoms with Crippen LogP contribution in [0.1, 0.15) is 11.1 Å². The van der Waals surface area contributed by atoms with E-state index in [0.29, 0.717) is 11.0 Å². The lowest BCUT2D eigenvalue weighted by atomic mass is 10.2. The summed E-state index contributed by atoms with van der Waals surface area (Å²) >= 11 is 3.28. The lowest BCUT2D eigenvalue weighted by Gasteiger charge is -2.17. The molecule has 0 spiro atoms. The van der Waals surface area contributed by atoms with Gasteiger partial charge in [-0.2, -0.15) is 0 Å². The highest BCUT2D eigenvalue weighted by Crippen LogP contribution is 2.21. The lowest BCUT2D eigenvalue weighted by Crippen LogP contribution is -2.17. The molecule has 0 aliphatic heterocycles. The molecule has 0 saturated heterocycles. The molecule has 0 aliphatic rings. The minimum atomic E-state index is -0.220. The molecule has 0 amide bonds. The maximum atomic E-state index is 13.4. The third-order valence-electron chi connectivity index (χ3n) is 2.65. The van der Waals surface area contributed by atoms with E-state index < -0.39 is 0 Å². The highest BCUT2D eigenvalue weighted by atomic mass is 79.9. The molecule has 1 aromatic heterocycles. The minimum absolute atomic E-state index is 0.220. The van der Waals surface area contributed by atoms with Gasteiger partial charge in [-0.05, 0) is 46.2 Å². The molecule has 0 N–H and O–H groups in total. The normalized spacial score (nSPS) is 10.9. The van der Waals surface area contributed by atoms with Gasteiger partial charge in [0.2, 0.25) is 0 Å². The van der Waals surface area contributed by atoms with Gasteiger partial charge in [-0.3, -0.25) is 9.88 Å². The number of benzene rings is 1. The average Bonchev–Trinajstić information content (AvgIpc) is 2.36. The Hall–Kier alpha value is -1.26. The van der Waals surface area contributed by atoms with Gasteiger partial charge < -0.3 is 0 Å². The van der Waals surface area contributed by atoms with Crippen LogP contribution in [-0.4, -0.2) is 16.9 Å². The van der Waals surface area contributed by atoms with Crippen LogP contribution in [-0.2, 0) is 13.1 Å². The van der Waals surface area contributed by atoms with Crippen LogP contribution in [0.4, 0.5) is 4.39 Å². The van der Waals surface area contributed by atoms with Crippen molar-refractivity contribution in [2.24, 2.45) is 0 Å². The molecule has 2 aromatic rings. The molecule has 0 aliphatic carbocycles. The van der Waals surface area contributed by atoms with Crippen LogP contribution >= 0.6 is 15.9 Å². The van der Waals surface area contributed by atoms with Crippen molar-refractivity contribution in [1.82, 2.24) is 9.88 Å². The SMILES string of the molecule is CN(Cc1cccnc1)Cc1cccc(F)c1Br. The topological polar surface area (TPSA) is 16.1 Å². The van der Waals surface area contributed by atoms with Gasteiger partial charge in [0, 0.05) is 25.5 Å². The summed E-state index contributed by atoms with van der Waals surface area (Å²) in [6.45, 7) is 1.48. The van der Waals surface area contributed by atoms with Gasteiger partial charge in [-0.15, -0.1) is 0 Å². The number of hydrogen-bond donors (Lipinski definition) is 0. The van der Waals surface area contributed by atoms with Gasteiger partial charge in [0.05, 0.1) is 4.47 Å². The van der Waals surface area contributed by atoms with Crippen LogP contribution in [0.15, 0.2) is 47.2 Å². The molecular weight excluding hydrogens is 295 g/mol. The summed E-state index contributed by atoms with van der Waals surface area (Å²) in [5.41, 5.74) is 2.09. The van der Waals surface area contributed by atoms with Crippen LogP contribution in [0.5, 0.6) is 0 Å². The molecule has 0 bridgehead atoms. The van der Waals surface area contributed by atoms with Gasteiger partial charge in [0.1, 0.15) is 5.82 Å². The van der Waals surface area contributed by atoms with Gasteiger partial charge in [0.25, 0.3) is 0 Å². The predicted molar refractivity (Wildman–Crippen MR) is 73.5 cm³/mol. The van der Waals surface area contributed by atoms with Gasteiger partial charge in [-0.1, -0.05) is 18.2 Å². The highest BCUT2D eigenvalue weighted by molar-refractivity contribution is 9.10.